The fourth-order valence-electron chi connectivity index (χ4n) is 4.00. The SMILES string of the molecule is CC(C)(C)C1=C2SC3CCCC3C2=C(C(C)(C)C)C1. The lowest BCUT2D eigenvalue weighted by atomic mass is 9.78. The second kappa shape index (κ2) is 4.16. The minimum Gasteiger partial charge on any atom is -0.122 e. The van der Waals surface area contributed by atoms with Crippen molar-refractivity contribution in [1.82, 2.24) is 0 Å². The standard InChI is InChI=1S/C18H28S/c1-17(2,3)12-10-13(18(4,5)6)16-15(12)11-8-7-9-14(11)19-16/h11,14H,7-10H2,1-6H3. The summed E-state index contributed by atoms with van der Waals surface area (Å²) >= 11 is 2.23. The number of rotatable bonds is 0. The fraction of sp³-hybridized carbons (Fsp3) is 0.778. The molecule has 0 aromatic heterocycles. The Morgan fingerprint density at radius 1 is 0.895 bits per heavy atom. The van der Waals surface area contributed by atoms with Crippen LogP contribution in [0.15, 0.2) is 21.6 Å². The topological polar surface area (TPSA) is 0 Å². The maximum absolute atomic E-state index is 2.41. The number of fused-ring (bicyclic) bond motifs is 3. The summed E-state index contributed by atoms with van der Waals surface area (Å²) in [6, 6.07) is 0. The summed E-state index contributed by atoms with van der Waals surface area (Å²) in [5.41, 5.74) is 5.95. The Morgan fingerprint density at radius 3 is 2.11 bits per heavy atom. The highest BCUT2D eigenvalue weighted by atomic mass is 32.2. The maximum atomic E-state index is 2.41. The molecule has 19 heavy (non-hydrogen) atoms. The quantitative estimate of drug-likeness (QED) is 0.527. The molecule has 2 atom stereocenters. The van der Waals surface area contributed by atoms with Crippen molar-refractivity contribution in [2.24, 2.45) is 16.7 Å². The first-order valence-electron chi connectivity index (χ1n) is 7.84. The number of hydrogen-bond acceptors (Lipinski definition) is 1. The van der Waals surface area contributed by atoms with Crippen LogP contribution in [0.25, 0.3) is 0 Å². The molecule has 0 radical (unpaired) electrons. The number of allylic oxidation sites excluding steroid dienone is 3. The van der Waals surface area contributed by atoms with E-state index in [9.17, 15) is 0 Å². The van der Waals surface area contributed by atoms with Gasteiger partial charge in [-0.1, -0.05) is 53.5 Å². The summed E-state index contributed by atoms with van der Waals surface area (Å²) in [7, 11) is 0. The Labute approximate surface area is 123 Å². The van der Waals surface area contributed by atoms with Gasteiger partial charge in [-0.05, 0) is 47.2 Å². The second-order valence-corrected chi connectivity index (χ2v) is 9.82. The molecule has 106 valence electrons. The molecule has 0 aromatic carbocycles. The molecule has 0 bridgehead atoms. The molecule has 1 heteroatoms. The van der Waals surface area contributed by atoms with Crippen LogP contribution in [0.2, 0.25) is 0 Å². The van der Waals surface area contributed by atoms with Crippen LogP contribution in [0.4, 0.5) is 0 Å². The van der Waals surface area contributed by atoms with Gasteiger partial charge in [0.25, 0.3) is 0 Å². The number of thioether (sulfide) groups is 1. The Balaban J connectivity index is 2.10. The van der Waals surface area contributed by atoms with Crippen molar-refractivity contribution in [3.8, 4) is 0 Å². The van der Waals surface area contributed by atoms with Crippen LogP contribution in [0.1, 0.15) is 67.2 Å². The summed E-state index contributed by atoms with van der Waals surface area (Å²) in [6.45, 7) is 14.4. The molecule has 3 aliphatic rings. The van der Waals surface area contributed by atoms with E-state index in [0.29, 0.717) is 10.8 Å². The lowest BCUT2D eigenvalue weighted by molar-refractivity contribution is 0.453. The molecule has 0 nitrogen and oxygen atoms in total. The second-order valence-electron chi connectivity index (χ2n) is 8.57. The Morgan fingerprint density at radius 2 is 1.53 bits per heavy atom. The van der Waals surface area contributed by atoms with Crippen molar-refractivity contribution in [3.63, 3.8) is 0 Å². The van der Waals surface area contributed by atoms with Gasteiger partial charge < -0.3 is 0 Å². The van der Waals surface area contributed by atoms with Crippen LogP contribution >= 0.6 is 11.8 Å². The molecule has 1 heterocycles. The normalized spacial score (nSPS) is 31.3. The third-order valence-corrected chi connectivity index (χ3v) is 6.67. The molecule has 3 rings (SSSR count). The van der Waals surface area contributed by atoms with E-state index in [4.69, 9.17) is 0 Å². The van der Waals surface area contributed by atoms with Crippen LogP contribution in [0, 0.1) is 16.7 Å². The van der Waals surface area contributed by atoms with E-state index in [1.165, 1.54) is 25.7 Å². The molecule has 1 saturated heterocycles. The third kappa shape index (κ3) is 2.13. The van der Waals surface area contributed by atoms with Crippen LogP contribution in [-0.4, -0.2) is 5.25 Å². The Kier molecular flexibility index (Phi) is 3.02. The van der Waals surface area contributed by atoms with Gasteiger partial charge in [-0.25, -0.2) is 0 Å². The summed E-state index contributed by atoms with van der Waals surface area (Å²) in [5.74, 6) is 0.883. The monoisotopic (exact) mass is 276 g/mol. The molecule has 0 N–H and O–H groups in total. The van der Waals surface area contributed by atoms with Crippen LogP contribution in [-0.2, 0) is 0 Å². The number of hydrogen-bond donors (Lipinski definition) is 0. The highest BCUT2D eigenvalue weighted by Gasteiger charge is 2.47. The highest BCUT2D eigenvalue weighted by Crippen LogP contribution is 2.62. The fourth-order valence-corrected chi connectivity index (χ4v) is 5.95. The van der Waals surface area contributed by atoms with Crippen molar-refractivity contribution in [2.45, 2.75) is 72.5 Å². The minimum absolute atomic E-state index is 0.333. The summed E-state index contributed by atoms with van der Waals surface area (Å²) in [6.07, 6.45) is 5.57. The summed E-state index contributed by atoms with van der Waals surface area (Å²) in [4.78, 5) is 1.71. The van der Waals surface area contributed by atoms with Gasteiger partial charge in [-0.15, -0.1) is 11.8 Å². The molecule has 0 spiro atoms. The van der Waals surface area contributed by atoms with Crippen molar-refractivity contribution >= 4 is 11.8 Å². The Hall–Kier alpha value is -0.170. The lowest BCUT2D eigenvalue weighted by Crippen LogP contribution is -2.16. The molecule has 2 unspecified atom stereocenters. The molecule has 2 aliphatic carbocycles. The van der Waals surface area contributed by atoms with Gasteiger partial charge in [-0.2, -0.15) is 0 Å². The van der Waals surface area contributed by atoms with Gasteiger partial charge in [0.2, 0.25) is 0 Å². The zero-order chi connectivity index (χ0) is 14.0. The van der Waals surface area contributed by atoms with Crippen LogP contribution in [0.5, 0.6) is 0 Å². The van der Waals surface area contributed by atoms with Crippen molar-refractivity contribution in [1.29, 1.82) is 0 Å². The van der Waals surface area contributed by atoms with Gasteiger partial charge in [0.15, 0.2) is 0 Å². The zero-order valence-corrected chi connectivity index (χ0v) is 14.2. The predicted octanol–water partition coefficient (Wildman–Crippen LogP) is 5.95. The minimum atomic E-state index is 0.333. The van der Waals surface area contributed by atoms with E-state index >= 15 is 0 Å². The van der Waals surface area contributed by atoms with Crippen LogP contribution < -0.4 is 0 Å². The Bertz CT molecular complexity index is 465. The van der Waals surface area contributed by atoms with Gasteiger partial charge in [0, 0.05) is 10.2 Å². The van der Waals surface area contributed by atoms with E-state index < -0.39 is 0 Å². The van der Waals surface area contributed by atoms with E-state index in [1.807, 2.05) is 0 Å². The predicted molar refractivity (Wildman–Crippen MR) is 86.3 cm³/mol. The van der Waals surface area contributed by atoms with Gasteiger partial charge in [0.1, 0.15) is 0 Å². The van der Waals surface area contributed by atoms with E-state index in [-0.39, 0.29) is 0 Å². The summed E-state index contributed by atoms with van der Waals surface area (Å²) in [5, 5.41) is 0.903. The zero-order valence-electron chi connectivity index (χ0n) is 13.4. The average Bonchev–Trinajstić information content (AvgIpc) is 2.80. The molecule has 2 fully saturated rings. The van der Waals surface area contributed by atoms with Crippen molar-refractivity contribution in [2.75, 3.05) is 0 Å². The van der Waals surface area contributed by atoms with E-state index in [0.717, 1.165) is 11.2 Å². The molecule has 0 aromatic rings. The first-order chi connectivity index (χ1) is 8.69. The molecule has 0 amide bonds. The third-order valence-electron chi connectivity index (χ3n) is 5.10. The molecular weight excluding hydrogens is 248 g/mol. The molecule has 1 aliphatic heterocycles. The molecule has 1 saturated carbocycles. The van der Waals surface area contributed by atoms with Crippen LogP contribution in [0.3, 0.4) is 0 Å². The maximum Gasteiger partial charge on any atom is 0.0164 e. The van der Waals surface area contributed by atoms with E-state index in [1.54, 1.807) is 21.6 Å². The summed E-state index contributed by atoms with van der Waals surface area (Å²) < 4.78 is 0. The first kappa shape index (κ1) is 13.8. The highest BCUT2D eigenvalue weighted by molar-refractivity contribution is 8.04. The smallest absolute Gasteiger partial charge is 0.0164 e. The van der Waals surface area contributed by atoms with Gasteiger partial charge in [0.05, 0.1) is 0 Å². The first-order valence-corrected chi connectivity index (χ1v) is 8.72. The molecular formula is C18H28S. The van der Waals surface area contributed by atoms with Crippen molar-refractivity contribution < 1.29 is 0 Å². The van der Waals surface area contributed by atoms with Crippen molar-refractivity contribution in [3.05, 3.63) is 21.6 Å². The lowest BCUT2D eigenvalue weighted by Gasteiger charge is -2.27. The average molecular weight is 276 g/mol. The van der Waals surface area contributed by atoms with Gasteiger partial charge in [-0.3, -0.25) is 0 Å². The largest absolute Gasteiger partial charge is 0.122 e. The van der Waals surface area contributed by atoms with Gasteiger partial charge >= 0.3 is 0 Å². The van der Waals surface area contributed by atoms with E-state index in [2.05, 4.69) is 53.3 Å².